The number of carbonyl (C=O) groups is 2. The van der Waals surface area contributed by atoms with Crippen molar-refractivity contribution < 1.29 is 14.3 Å². The number of methoxy groups -OCH3 is 1. The summed E-state index contributed by atoms with van der Waals surface area (Å²) in [5, 5.41) is 1.28. The number of benzene rings is 1. The third kappa shape index (κ3) is 4.93. The number of aromatic amines is 1. The van der Waals surface area contributed by atoms with E-state index in [1.807, 2.05) is 18.3 Å². The van der Waals surface area contributed by atoms with Crippen LogP contribution in [0.5, 0.6) is 0 Å². The highest BCUT2D eigenvalue weighted by Crippen LogP contribution is 2.09. The summed E-state index contributed by atoms with van der Waals surface area (Å²) < 4.78 is 4.30. The predicted molar refractivity (Wildman–Crippen MR) is 73.6 cm³/mol. The van der Waals surface area contributed by atoms with Crippen LogP contribution in [0.4, 0.5) is 0 Å². The molecule has 1 aromatic heterocycles. The Hall–Kier alpha value is -2.14. The number of H-pyrrole nitrogens is 1. The molecule has 0 bridgehead atoms. The molecular weight excluding hydrogens is 244 g/mol. The molecule has 1 aromatic carbocycles. The van der Waals surface area contributed by atoms with Crippen LogP contribution in [0.25, 0.3) is 10.9 Å². The Labute approximate surface area is 111 Å². The molecule has 0 fully saturated rings. The second kappa shape index (κ2) is 7.33. The standard InChI is InChI=1S/C8H7N.C6H11NO3/c1-2-4-8-7(3-1)5-6-9-8;1-4(8)3-5(7)6(9)10-2/h1-6,9H;5H,3,7H2,1-2H3/t;5-/m.0/s1. The smallest absolute Gasteiger partial charge is 0.323 e. The number of hydrogen-bond acceptors (Lipinski definition) is 4. The fourth-order valence-corrected chi connectivity index (χ4v) is 1.54. The van der Waals surface area contributed by atoms with Gasteiger partial charge in [0.05, 0.1) is 7.11 Å². The number of hydrogen-bond donors (Lipinski definition) is 2. The van der Waals surface area contributed by atoms with Gasteiger partial charge in [-0.2, -0.15) is 0 Å². The van der Waals surface area contributed by atoms with Crippen LogP contribution in [-0.4, -0.2) is 29.9 Å². The van der Waals surface area contributed by atoms with Gasteiger partial charge in [0.15, 0.2) is 0 Å². The molecule has 0 saturated heterocycles. The monoisotopic (exact) mass is 262 g/mol. The summed E-state index contributed by atoms with van der Waals surface area (Å²) in [4.78, 5) is 24.1. The average molecular weight is 262 g/mol. The Kier molecular flexibility index (Phi) is 5.75. The highest BCUT2D eigenvalue weighted by Gasteiger charge is 2.14. The fraction of sp³-hybridized carbons (Fsp3) is 0.286. The fourth-order valence-electron chi connectivity index (χ4n) is 1.54. The topological polar surface area (TPSA) is 85.2 Å². The van der Waals surface area contributed by atoms with Crippen LogP contribution in [0.2, 0.25) is 0 Å². The van der Waals surface area contributed by atoms with Gasteiger partial charge in [-0.1, -0.05) is 18.2 Å². The molecule has 1 atom stereocenters. The van der Waals surface area contributed by atoms with Crippen molar-refractivity contribution in [1.82, 2.24) is 4.98 Å². The summed E-state index contributed by atoms with van der Waals surface area (Å²) in [5.74, 6) is -0.659. The van der Waals surface area contributed by atoms with Gasteiger partial charge >= 0.3 is 5.97 Å². The lowest BCUT2D eigenvalue weighted by atomic mass is 10.2. The lowest BCUT2D eigenvalue weighted by molar-refractivity contribution is -0.143. The third-order valence-electron chi connectivity index (χ3n) is 2.47. The summed E-state index contributed by atoms with van der Waals surface area (Å²) >= 11 is 0. The first-order valence-corrected chi connectivity index (χ1v) is 5.89. The van der Waals surface area contributed by atoms with Crippen molar-refractivity contribution in [3.63, 3.8) is 0 Å². The number of aromatic nitrogens is 1. The normalized spacial score (nSPS) is 11.3. The number of esters is 1. The predicted octanol–water partition coefficient (Wildman–Crippen LogP) is 1.63. The van der Waals surface area contributed by atoms with Crippen LogP contribution in [-0.2, 0) is 14.3 Å². The second-order valence-electron chi connectivity index (χ2n) is 4.10. The summed E-state index contributed by atoms with van der Waals surface area (Å²) in [6.45, 7) is 1.38. The Morgan fingerprint density at radius 3 is 2.58 bits per heavy atom. The number of Topliss-reactive ketones (excluding diaryl/α,β-unsaturated/α-hetero) is 1. The number of carbonyl (C=O) groups excluding carboxylic acids is 2. The maximum atomic E-state index is 10.5. The maximum Gasteiger partial charge on any atom is 0.323 e. The van der Waals surface area contributed by atoms with E-state index in [1.54, 1.807) is 0 Å². The zero-order valence-corrected chi connectivity index (χ0v) is 11.1. The van der Waals surface area contributed by atoms with Gasteiger partial charge in [0.25, 0.3) is 0 Å². The number of nitrogens with one attached hydrogen (secondary N) is 1. The molecule has 5 nitrogen and oxygen atoms in total. The number of ether oxygens (including phenoxy) is 1. The number of para-hydroxylation sites is 1. The molecule has 2 aromatic rings. The zero-order valence-electron chi connectivity index (χ0n) is 11.1. The van der Waals surface area contributed by atoms with Crippen LogP contribution in [0.15, 0.2) is 36.5 Å². The van der Waals surface area contributed by atoms with E-state index in [0.717, 1.165) is 0 Å². The van der Waals surface area contributed by atoms with Gasteiger partial charge in [-0.25, -0.2) is 0 Å². The molecule has 0 aliphatic heterocycles. The van der Waals surface area contributed by atoms with Gasteiger partial charge in [-0.3, -0.25) is 9.59 Å². The summed E-state index contributed by atoms with van der Waals surface area (Å²) in [6, 6.07) is 9.48. The lowest BCUT2D eigenvalue weighted by Gasteiger charge is -2.04. The first kappa shape index (κ1) is 14.9. The average Bonchev–Trinajstić information content (AvgIpc) is 2.86. The summed E-state index contributed by atoms with van der Waals surface area (Å²) in [7, 11) is 1.24. The van der Waals surface area contributed by atoms with Gasteiger partial charge in [0, 0.05) is 18.1 Å². The van der Waals surface area contributed by atoms with Crippen molar-refractivity contribution in [3.05, 3.63) is 36.5 Å². The highest BCUT2D eigenvalue weighted by atomic mass is 16.5. The van der Waals surface area contributed by atoms with E-state index in [1.165, 1.54) is 24.9 Å². The van der Waals surface area contributed by atoms with Gasteiger partial charge in [-0.15, -0.1) is 0 Å². The Morgan fingerprint density at radius 1 is 1.32 bits per heavy atom. The molecule has 0 unspecified atom stereocenters. The first-order chi connectivity index (χ1) is 9.04. The molecule has 1 heterocycles. The van der Waals surface area contributed by atoms with Crippen molar-refractivity contribution in [2.45, 2.75) is 19.4 Å². The highest BCUT2D eigenvalue weighted by molar-refractivity contribution is 5.84. The van der Waals surface area contributed by atoms with Gasteiger partial charge < -0.3 is 15.5 Å². The van der Waals surface area contributed by atoms with E-state index >= 15 is 0 Å². The van der Waals surface area contributed by atoms with Crippen molar-refractivity contribution >= 4 is 22.7 Å². The van der Waals surface area contributed by atoms with Crippen molar-refractivity contribution in [2.24, 2.45) is 5.73 Å². The largest absolute Gasteiger partial charge is 0.468 e. The van der Waals surface area contributed by atoms with Crippen LogP contribution in [0, 0.1) is 0 Å². The van der Waals surface area contributed by atoms with Crippen molar-refractivity contribution in [3.8, 4) is 0 Å². The maximum absolute atomic E-state index is 10.5. The molecule has 0 radical (unpaired) electrons. The van der Waals surface area contributed by atoms with Gasteiger partial charge in [0.1, 0.15) is 11.8 Å². The van der Waals surface area contributed by atoms with Crippen LogP contribution >= 0.6 is 0 Å². The summed E-state index contributed by atoms with van der Waals surface area (Å²) in [5.41, 5.74) is 6.44. The molecule has 19 heavy (non-hydrogen) atoms. The molecule has 0 aliphatic rings. The molecule has 5 heteroatoms. The number of fused-ring (bicyclic) bond motifs is 1. The van der Waals surface area contributed by atoms with E-state index in [9.17, 15) is 9.59 Å². The number of rotatable bonds is 3. The van der Waals surface area contributed by atoms with E-state index in [-0.39, 0.29) is 12.2 Å². The van der Waals surface area contributed by atoms with E-state index < -0.39 is 12.0 Å². The molecule has 3 N–H and O–H groups in total. The summed E-state index contributed by atoms with van der Waals surface area (Å²) in [6.07, 6.45) is 2.00. The Bertz CT molecular complexity index is 518. The molecule has 102 valence electrons. The Morgan fingerprint density at radius 2 is 2.00 bits per heavy atom. The SMILES string of the molecule is COC(=O)[C@@H](N)CC(C)=O.c1ccc2[nH]ccc2c1. The molecule has 2 rings (SSSR count). The quantitative estimate of drug-likeness (QED) is 0.823. The molecule has 0 spiro atoms. The first-order valence-electron chi connectivity index (χ1n) is 5.89. The molecular formula is C14H18N2O3. The minimum atomic E-state index is -0.803. The lowest BCUT2D eigenvalue weighted by Crippen LogP contribution is -2.33. The number of ketones is 1. The third-order valence-corrected chi connectivity index (χ3v) is 2.47. The van der Waals surface area contributed by atoms with E-state index in [4.69, 9.17) is 5.73 Å². The molecule has 0 aliphatic carbocycles. The van der Waals surface area contributed by atoms with Gasteiger partial charge in [0.2, 0.25) is 0 Å². The van der Waals surface area contributed by atoms with Crippen LogP contribution < -0.4 is 5.73 Å². The van der Waals surface area contributed by atoms with E-state index in [2.05, 4.69) is 27.9 Å². The van der Waals surface area contributed by atoms with Crippen molar-refractivity contribution in [1.29, 1.82) is 0 Å². The second-order valence-corrected chi connectivity index (χ2v) is 4.10. The molecule has 0 amide bonds. The van der Waals surface area contributed by atoms with Crippen molar-refractivity contribution in [2.75, 3.05) is 7.11 Å². The number of nitrogens with two attached hydrogens (primary N) is 1. The van der Waals surface area contributed by atoms with E-state index in [0.29, 0.717) is 0 Å². The zero-order chi connectivity index (χ0) is 14.3. The van der Waals surface area contributed by atoms with Crippen LogP contribution in [0.1, 0.15) is 13.3 Å². The molecule has 0 saturated carbocycles. The van der Waals surface area contributed by atoms with Gasteiger partial charge in [-0.05, 0) is 24.4 Å². The minimum Gasteiger partial charge on any atom is -0.468 e. The minimum absolute atomic E-state index is 0.0483. The Balaban J connectivity index is 0.000000190. The van der Waals surface area contributed by atoms with Crippen LogP contribution in [0.3, 0.4) is 0 Å².